The molecule has 2 N–H and O–H groups in total. The van der Waals surface area contributed by atoms with Gasteiger partial charge in [0.1, 0.15) is 0 Å². The van der Waals surface area contributed by atoms with Crippen molar-refractivity contribution in [2.45, 2.75) is 50.5 Å². The van der Waals surface area contributed by atoms with E-state index in [1.165, 1.54) is 6.92 Å². The first-order valence-electron chi connectivity index (χ1n) is 13.5. The van der Waals surface area contributed by atoms with Gasteiger partial charge in [-0.1, -0.05) is 85.8 Å². The molecule has 0 spiro atoms. The first-order valence-corrected chi connectivity index (χ1v) is 14.5. The number of thioether (sulfide) groups is 1. The number of aliphatic hydroxyl groups is 1. The second-order valence-corrected chi connectivity index (χ2v) is 11.0. The minimum Gasteiger partial charge on any atom is -0.392 e. The lowest BCUT2D eigenvalue weighted by Crippen LogP contribution is -2.38. The van der Waals surface area contributed by atoms with Gasteiger partial charge in [-0.05, 0) is 39.9 Å². The van der Waals surface area contributed by atoms with E-state index < -0.39 is 6.29 Å². The number of nitrogens with one attached hydrogen (secondary N) is 1. The molecule has 40 heavy (non-hydrogen) atoms. The number of aliphatic hydroxyl groups excluding tert-OH is 1. The molecule has 7 heteroatoms. The molecule has 6 nitrogen and oxygen atoms in total. The molecule has 2 heterocycles. The zero-order valence-corrected chi connectivity index (χ0v) is 23.5. The van der Waals surface area contributed by atoms with E-state index in [9.17, 15) is 9.90 Å². The second-order valence-electron chi connectivity index (χ2n) is 9.99. The van der Waals surface area contributed by atoms with Crippen LogP contribution in [0.4, 0.5) is 0 Å². The normalized spacial score (nSPS) is 20.7. The molecule has 1 aliphatic rings. The van der Waals surface area contributed by atoms with Crippen LogP contribution in [0.3, 0.4) is 0 Å². The van der Waals surface area contributed by atoms with Crippen LogP contribution in [0.2, 0.25) is 0 Å². The third-order valence-corrected chi connectivity index (χ3v) is 8.23. The van der Waals surface area contributed by atoms with Crippen molar-refractivity contribution in [2.24, 2.45) is 5.92 Å². The van der Waals surface area contributed by atoms with Crippen molar-refractivity contribution in [1.82, 2.24) is 10.3 Å². The summed E-state index contributed by atoms with van der Waals surface area (Å²) in [6.45, 7) is 4.18. The van der Waals surface area contributed by atoms with Gasteiger partial charge in [-0.25, -0.2) is 4.98 Å². The lowest BCUT2D eigenvalue weighted by molar-refractivity contribution is -0.268. The monoisotopic (exact) mass is 554 g/mol. The Labute approximate surface area is 239 Å². The maximum Gasteiger partial charge on any atom is 0.217 e. The van der Waals surface area contributed by atoms with Crippen LogP contribution in [0, 0.1) is 5.92 Å². The Morgan fingerprint density at radius 2 is 1.65 bits per heavy atom. The minimum atomic E-state index is -0.531. The van der Waals surface area contributed by atoms with Crippen molar-refractivity contribution in [3.63, 3.8) is 0 Å². The van der Waals surface area contributed by atoms with E-state index >= 15 is 0 Å². The van der Waals surface area contributed by atoms with Crippen molar-refractivity contribution >= 4 is 17.7 Å². The number of ether oxygens (including phenoxy) is 2. The molecule has 4 unspecified atom stereocenters. The summed E-state index contributed by atoms with van der Waals surface area (Å²) in [6.07, 6.45) is 1.04. The molecule has 0 aliphatic carbocycles. The first kappa shape index (κ1) is 28.1. The topological polar surface area (TPSA) is 80.7 Å². The standard InChI is InChI=1S/C33H34N2O4S/c1-22-30(21-40-31-9-5-6-18-34-31)38-33(39-32(22)26-12-10-24(20-36)11-13-26)27-16-14-25(15-17-27)29-8-4-3-7-28(29)19-35-23(2)37/h3-18,22,30,32-33,36H,19-21H2,1-2H3,(H,35,37). The third-order valence-electron chi connectivity index (χ3n) is 7.20. The zero-order valence-electron chi connectivity index (χ0n) is 22.7. The Balaban J connectivity index is 1.39. The van der Waals surface area contributed by atoms with Crippen molar-refractivity contribution in [3.05, 3.63) is 119 Å². The van der Waals surface area contributed by atoms with E-state index in [2.05, 4.69) is 47.6 Å². The fourth-order valence-corrected chi connectivity index (χ4v) is 5.93. The van der Waals surface area contributed by atoms with Gasteiger partial charge in [0, 0.05) is 36.9 Å². The van der Waals surface area contributed by atoms with E-state index in [1.54, 1.807) is 18.0 Å². The van der Waals surface area contributed by atoms with Crippen LogP contribution in [-0.2, 0) is 27.4 Å². The van der Waals surface area contributed by atoms with Gasteiger partial charge in [-0.2, -0.15) is 0 Å². The molecule has 1 aromatic heterocycles. The van der Waals surface area contributed by atoms with Crippen LogP contribution in [0.25, 0.3) is 11.1 Å². The fourth-order valence-electron chi connectivity index (χ4n) is 4.91. The van der Waals surface area contributed by atoms with Crippen LogP contribution in [0.15, 0.2) is 102 Å². The summed E-state index contributed by atoms with van der Waals surface area (Å²) in [5.41, 5.74) is 6.08. The number of hydrogen-bond acceptors (Lipinski definition) is 6. The zero-order chi connectivity index (χ0) is 27.9. The summed E-state index contributed by atoms with van der Waals surface area (Å²) in [5.74, 6) is 0.798. The summed E-state index contributed by atoms with van der Waals surface area (Å²) in [7, 11) is 0. The summed E-state index contributed by atoms with van der Waals surface area (Å²) in [5, 5.41) is 13.4. The van der Waals surface area contributed by atoms with E-state index in [4.69, 9.17) is 9.47 Å². The lowest BCUT2D eigenvalue weighted by Gasteiger charge is -2.41. The molecule has 0 radical (unpaired) electrons. The molecule has 0 bridgehead atoms. The predicted molar refractivity (Wildman–Crippen MR) is 157 cm³/mol. The van der Waals surface area contributed by atoms with Crippen LogP contribution in [0.1, 0.15) is 48.5 Å². The highest BCUT2D eigenvalue weighted by atomic mass is 32.2. The van der Waals surface area contributed by atoms with Gasteiger partial charge in [-0.3, -0.25) is 4.79 Å². The highest BCUT2D eigenvalue weighted by Gasteiger charge is 2.38. The Hall–Kier alpha value is -3.49. The van der Waals surface area contributed by atoms with Gasteiger partial charge in [0.25, 0.3) is 0 Å². The Bertz CT molecular complexity index is 1400. The van der Waals surface area contributed by atoms with Crippen LogP contribution < -0.4 is 5.32 Å². The Kier molecular flexibility index (Phi) is 9.29. The quantitative estimate of drug-likeness (QED) is 0.231. The smallest absolute Gasteiger partial charge is 0.217 e. The number of nitrogens with zero attached hydrogens (tertiary/aromatic N) is 1. The van der Waals surface area contributed by atoms with Crippen LogP contribution in [-0.4, -0.2) is 27.9 Å². The second kappa shape index (κ2) is 13.2. The maximum atomic E-state index is 11.5. The fraction of sp³-hybridized carbons (Fsp3) is 0.273. The van der Waals surface area contributed by atoms with Gasteiger partial charge in [-0.15, -0.1) is 11.8 Å². The van der Waals surface area contributed by atoms with Crippen molar-refractivity contribution in [3.8, 4) is 11.1 Å². The number of rotatable bonds is 9. The van der Waals surface area contributed by atoms with Crippen molar-refractivity contribution in [1.29, 1.82) is 0 Å². The van der Waals surface area contributed by atoms with Crippen molar-refractivity contribution < 1.29 is 19.4 Å². The van der Waals surface area contributed by atoms with E-state index in [0.717, 1.165) is 44.2 Å². The summed E-state index contributed by atoms with van der Waals surface area (Å²) < 4.78 is 13.2. The molecule has 3 aromatic carbocycles. The number of carbonyl (C=O) groups excluding carboxylic acids is 1. The maximum absolute atomic E-state index is 11.5. The number of amides is 1. The molecule has 4 atom stereocenters. The molecule has 1 aliphatic heterocycles. The molecule has 0 saturated carbocycles. The SMILES string of the molecule is CC(=O)NCc1ccccc1-c1ccc(C2OC(CSc3ccccn3)C(C)C(c3ccc(CO)cc3)O2)cc1. The summed E-state index contributed by atoms with van der Waals surface area (Å²) in [4.78, 5) is 15.9. The lowest BCUT2D eigenvalue weighted by atomic mass is 9.91. The van der Waals surface area contributed by atoms with Gasteiger partial charge in [0.15, 0.2) is 6.29 Å². The number of hydrogen-bond donors (Lipinski definition) is 2. The van der Waals surface area contributed by atoms with Gasteiger partial charge >= 0.3 is 0 Å². The minimum absolute atomic E-state index is 0.0106. The van der Waals surface area contributed by atoms with Gasteiger partial charge < -0.3 is 19.9 Å². The molecular weight excluding hydrogens is 520 g/mol. The number of pyridine rings is 1. The summed E-state index contributed by atoms with van der Waals surface area (Å²) in [6, 6.07) is 30.2. The first-order chi connectivity index (χ1) is 19.5. The Morgan fingerprint density at radius 3 is 2.35 bits per heavy atom. The molecule has 1 saturated heterocycles. The highest BCUT2D eigenvalue weighted by molar-refractivity contribution is 7.99. The average molecular weight is 555 g/mol. The molecule has 1 amide bonds. The van der Waals surface area contributed by atoms with Crippen LogP contribution >= 0.6 is 11.8 Å². The van der Waals surface area contributed by atoms with Crippen LogP contribution in [0.5, 0.6) is 0 Å². The average Bonchev–Trinajstić information content (AvgIpc) is 3.00. The predicted octanol–water partition coefficient (Wildman–Crippen LogP) is 6.46. The van der Waals surface area contributed by atoms with E-state index in [0.29, 0.717) is 6.54 Å². The molecule has 1 fully saturated rings. The van der Waals surface area contributed by atoms with Gasteiger partial charge in [0.05, 0.1) is 23.8 Å². The van der Waals surface area contributed by atoms with Gasteiger partial charge in [0.2, 0.25) is 5.91 Å². The largest absolute Gasteiger partial charge is 0.392 e. The molecule has 206 valence electrons. The molecular formula is C33H34N2O4S. The Morgan fingerprint density at radius 1 is 0.925 bits per heavy atom. The number of carbonyl (C=O) groups is 1. The number of benzene rings is 3. The van der Waals surface area contributed by atoms with E-state index in [1.807, 2.05) is 60.7 Å². The third kappa shape index (κ3) is 6.80. The molecule has 4 aromatic rings. The van der Waals surface area contributed by atoms with Crippen molar-refractivity contribution in [2.75, 3.05) is 5.75 Å². The molecule has 5 rings (SSSR count). The highest BCUT2D eigenvalue weighted by Crippen LogP contribution is 2.43. The van der Waals surface area contributed by atoms with E-state index in [-0.39, 0.29) is 30.6 Å². The summed E-state index contributed by atoms with van der Waals surface area (Å²) >= 11 is 1.68. The number of aromatic nitrogens is 1.